The van der Waals surface area contributed by atoms with Crippen molar-refractivity contribution in [3.8, 4) is 0 Å². The van der Waals surface area contributed by atoms with Crippen molar-refractivity contribution < 1.29 is 14.2 Å². The van der Waals surface area contributed by atoms with Crippen molar-refractivity contribution in [3.63, 3.8) is 0 Å². The van der Waals surface area contributed by atoms with Gasteiger partial charge >= 0.3 is 0 Å². The van der Waals surface area contributed by atoms with Crippen LogP contribution in [0.15, 0.2) is 0 Å². The van der Waals surface area contributed by atoms with Gasteiger partial charge < -0.3 is 60.4 Å². The molecule has 0 aromatic heterocycles. The zero-order valence-corrected chi connectivity index (χ0v) is 95.8. The number of nitrogens with one attached hydrogen (secondary N) is 5. The van der Waals surface area contributed by atoms with E-state index in [1.165, 1.54) is 285 Å². The first-order valence-electron chi connectivity index (χ1n) is 56.1. The molecule has 3 unspecified atom stereocenters. The van der Waals surface area contributed by atoms with Gasteiger partial charge in [-0.25, -0.2) is 0 Å². The minimum absolute atomic E-state index is 0.588. The Balaban J connectivity index is -0.000000124. The summed E-state index contributed by atoms with van der Waals surface area (Å²) >= 11 is 0. The third kappa shape index (κ3) is 118. The van der Waals surface area contributed by atoms with Crippen LogP contribution in [-0.4, -0.2) is 227 Å². The minimum Gasteiger partial charge on any atom is -0.381 e. The number of likely N-dealkylation sites (tertiary alicyclic amines) is 3. The molecule has 13 heteroatoms. The van der Waals surface area contributed by atoms with Crippen LogP contribution in [0.5, 0.6) is 0 Å². The fraction of sp³-hybridized carbons (Fsp3) is 1.00. The van der Waals surface area contributed by atoms with Crippen molar-refractivity contribution in [1.29, 1.82) is 0 Å². The van der Waals surface area contributed by atoms with E-state index in [1.807, 2.05) is 152 Å². The topological polar surface area (TPSA) is 104 Å². The summed E-state index contributed by atoms with van der Waals surface area (Å²) in [6.45, 7) is 131. The maximum absolute atomic E-state index is 5.46. The Morgan fingerprint density at radius 2 is 0.472 bits per heavy atom. The first-order valence-corrected chi connectivity index (χ1v) is 56.1. The Morgan fingerprint density at radius 3 is 0.760 bits per heavy atom. The quantitative estimate of drug-likeness (QED) is 0.0711. The van der Waals surface area contributed by atoms with Gasteiger partial charge in [-0.05, 0) is 315 Å². The lowest BCUT2D eigenvalue weighted by atomic mass is 9.89. The molecule has 0 aliphatic carbocycles. The molecule has 5 N–H and O–H groups in total. The molecule has 11 fully saturated rings. The van der Waals surface area contributed by atoms with Gasteiger partial charge in [0.15, 0.2) is 0 Å². The second kappa shape index (κ2) is 120. The van der Waals surface area contributed by atoms with Crippen LogP contribution in [0.3, 0.4) is 0 Å². The molecule has 772 valence electrons. The lowest BCUT2D eigenvalue weighted by Crippen LogP contribution is -2.44. The lowest BCUT2D eigenvalue weighted by Gasteiger charge is -2.31. The number of ether oxygens (including phenoxy) is 3. The summed E-state index contributed by atoms with van der Waals surface area (Å²) < 4.78 is 16.0. The number of hydrogen-bond acceptors (Lipinski definition) is 13. The average molecular weight is 1790 g/mol. The summed E-state index contributed by atoms with van der Waals surface area (Å²) in [7, 11) is 0. The van der Waals surface area contributed by atoms with Gasteiger partial charge in [0.05, 0.1) is 19.3 Å². The predicted octanol–water partition coefficient (Wildman–Crippen LogP) is 29.7. The number of nitrogens with zero attached hydrogens (tertiary/aromatic N) is 5. The molecule has 125 heavy (non-hydrogen) atoms. The largest absolute Gasteiger partial charge is 0.381 e. The number of piperidine rings is 3. The second-order valence-electron chi connectivity index (χ2n) is 38.2. The van der Waals surface area contributed by atoms with Gasteiger partial charge in [0.25, 0.3) is 0 Å². The molecule has 11 heterocycles. The van der Waals surface area contributed by atoms with E-state index in [4.69, 9.17) is 14.2 Å². The summed E-state index contributed by atoms with van der Waals surface area (Å²) in [5.41, 5.74) is 0. The first-order chi connectivity index (χ1) is 60.2. The van der Waals surface area contributed by atoms with Gasteiger partial charge in [-0.15, -0.1) is 0 Å². The number of rotatable bonds is 22. The maximum Gasteiger partial charge on any atom is 0.0594 e. The van der Waals surface area contributed by atoms with E-state index < -0.39 is 0 Å². The fourth-order valence-corrected chi connectivity index (χ4v) is 16.3. The van der Waals surface area contributed by atoms with Crippen LogP contribution in [0.2, 0.25) is 0 Å². The van der Waals surface area contributed by atoms with Crippen LogP contribution in [-0.2, 0) is 14.2 Å². The van der Waals surface area contributed by atoms with Gasteiger partial charge in [-0.2, -0.15) is 0 Å². The molecule has 0 aromatic rings. The highest BCUT2D eigenvalue weighted by molar-refractivity contribution is 4.77. The lowest BCUT2D eigenvalue weighted by molar-refractivity contribution is 0.0329. The van der Waals surface area contributed by atoms with E-state index in [-0.39, 0.29) is 0 Å². The monoisotopic (exact) mass is 1790 g/mol. The third-order valence-corrected chi connectivity index (χ3v) is 21.0. The SMILES string of the molecule is CC.CC.CC.CC.CC.CC.CC.CC.CC.CC.CC.CC(C)CC1CCCNC1.CC(C)CC1CCCO1.CC(C)CC1CCNC1.CC(C)CC1CCNCC1.CC(C)CC1CCOCC1.CC(C)CC1CNC1.CC(C)CN1CCC1.CC(C)CN1CCCC1.CC(C)CN1CCCCC1.CC(C)CN1CCNCC1.CC(C)CN1CCOCC1. The summed E-state index contributed by atoms with van der Waals surface area (Å²) in [5.74, 6) is 14.3. The van der Waals surface area contributed by atoms with Crippen molar-refractivity contribution in [1.82, 2.24) is 51.1 Å². The highest BCUT2D eigenvalue weighted by Crippen LogP contribution is 2.25. The van der Waals surface area contributed by atoms with Gasteiger partial charge in [0.2, 0.25) is 0 Å². The van der Waals surface area contributed by atoms with Crippen molar-refractivity contribution in [2.45, 2.75) is 446 Å². The smallest absolute Gasteiger partial charge is 0.0594 e. The molecule has 0 radical (unpaired) electrons. The molecule has 0 aromatic carbocycles. The van der Waals surface area contributed by atoms with Crippen LogP contribution >= 0.6 is 0 Å². The standard InChI is InChI=1S/3C9H19N.C9H18O.C8H18N2.C8H17NO.2C8H17N.C8H16O.2C7H15N.11C2H6/c1-8(2)7-9-3-5-10-6-4-9;1-8(2)6-9-4-3-5-10-7-9;1-9(2)8-10-6-4-3-5-7-10;1-8(2)7-9-3-5-10-6-4-9;1-8(2)7-10-5-3-9-4-6-10;1-8(2)7-9-3-5-10-6-4-9;1-7(2)5-8-3-4-9-6-8;1-8(2)7-9-5-3-4-6-9;1-7(2)6-8-4-3-5-9-8;1-6(2)3-7-4-8-5-7;1-7(2)6-8-4-3-5-8;11*1-2/h2*8-10H,3-7H2,1-2H3;9H,3-8H2,1-2H3;2*8-9H,3-7H2,1-2H3;8H,3-7H2,1-2H3;7-9H,3-6H2,1-2H3;8H,3-7H2,1-2H3;7-8H,3-6H2,1-2H3;6-8H,3-5H2,1-2H3;7H,3-6H2,1-2H3;11*1-2H3. The molecule has 0 saturated carbocycles. The molecule has 11 rings (SSSR count). The van der Waals surface area contributed by atoms with Crippen LogP contribution in [0.4, 0.5) is 0 Å². The minimum atomic E-state index is 0.588. The Kier molecular flexibility index (Phi) is 141. The van der Waals surface area contributed by atoms with Gasteiger partial charge in [0, 0.05) is 91.8 Å². The molecule has 3 atom stereocenters. The number of piperazine rings is 1. The van der Waals surface area contributed by atoms with E-state index in [1.54, 1.807) is 0 Å². The number of hydrogen-bond donors (Lipinski definition) is 5. The van der Waals surface area contributed by atoms with E-state index in [2.05, 4.69) is 203 Å². The summed E-state index contributed by atoms with van der Waals surface area (Å²) in [4.78, 5) is 12.7. The van der Waals surface area contributed by atoms with Crippen LogP contribution < -0.4 is 26.6 Å². The van der Waals surface area contributed by atoms with E-state index in [9.17, 15) is 0 Å². The molecule has 11 saturated heterocycles. The maximum atomic E-state index is 5.46. The van der Waals surface area contributed by atoms with E-state index in [0.29, 0.717) is 6.10 Å². The van der Waals surface area contributed by atoms with Crippen molar-refractivity contribution in [3.05, 3.63) is 0 Å². The second-order valence-corrected chi connectivity index (χ2v) is 38.2. The van der Waals surface area contributed by atoms with Crippen molar-refractivity contribution in [2.75, 3.05) is 197 Å². The van der Waals surface area contributed by atoms with Crippen LogP contribution in [0, 0.1) is 94.7 Å². The Morgan fingerprint density at radius 1 is 0.200 bits per heavy atom. The first kappa shape index (κ1) is 147. The van der Waals surface area contributed by atoms with Crippen LogP contribution in [0.25, 0.3) is 0 Å². The molecule has 0 bridgehead atoms. The average Bonchev–Trinajstić information content (AvgIpc) is 1.45. The number of morpholine rings is 1. The van der Waals surface area contributed by atoms with Gasteiger partial charge in [0.1, 0.15) is 0 Å². The van der Waals surface area contributed by atoms with E-state index in [0.717, 1.165) is 141 Å². The summed E-state index contributed by atoms with van der Waals surface area (Å²) in [6.07, 6.45) is 29.6. The molecule has 13 nitrogen and oxygen atoms in total. The molecule has 0 amide bonds. The van der Waals surface area contributed by atoms with E-state index >= 15 is 0 Å². The molecular formula is C112H256N10O3. The zero-order valence-electron chi connectivity index (χ0n) is 95.8. The molecular weight excluding hydrogens is 1530 g/mol. The van der Waals surface area contributed by atoms with Crippen molar-refractivity contribution in [2.24, 2.45) is 94.7 Å². The van der Waals surface area contributed by atoms with Crippen molar-refractivity contribution >= 4 is 0 Å². The van der Waals surface area contributed by atoms with Crippen LogP contribution in [0.1, 0.15) is 439 Å². The predicted molar refractivity (Wildman–Crippen MR) is 580 cm³/mol. The molecule has 0 spiro atoms. The Labute approximate surface area is 797 Å². The Bertz CT molecular complexity index is 1470. The summed E-state index contributed by atoms with van der Waals surface area (Å²) in [5, 5.41) is 16.8. The molecule has 11 aliphatic rings. The Hall–Kier alpha value is -0.520. The van der Waals surface area contributed by atoms with Gasteiger partial charge in [-0.1, -0.05) is 311 Å². The summed E-state index contributed by atoms with van der Waals surface area (Å²) in [6, 6.07) is 0. The fourth-order valence-electron chi connectivity index (χ4n) is 16.3. The highest BCUT2D eigenvalue weighted by Gasteiger charge is 2.21. The normalized spacial score (nSPS) is 19.8. The van der Waals surface area contributed by atoms with Gasteiger partial charge in [-0.3, -0.25) is 4.90 Å². The highest BCUT2D eigenvalue weighted by atomic mass is 16.5. The zero-order chi connectivity index (χ0) is 98.4. The molecule has 11 aliphatic heterocycles. The third-order valence-electron chi connectivity index (χ3n) is 21.0.